The van der Waals surface area contributed by atoms with Crippen molar-refractivity contribution in [1.82, 2.24) is 15.1 Å². The summed E-state index contributed by atoms with van der Waals surface area (Å²) >= 11 is 0. The van der Waals surface area contributed by atoms with Crippen molar-refractivity contribution in [3.63, 3.8) is 0 Å². The van der Waals surface area contributed by atoms with E-state index in [9.17, 15) is 4.79 Å². The Hall–Kier alpha value is -2.11. The van der Waals surface area contributed by atoms with E-state index in [0.717, 1.165) is 41.6 Å². The molecule has 1 N–H and O–H groups in total. The molecule has 2 fully saturated rings. The number of hydrogen-bond donors (Lipinski definition) is 1. The Morgan fingerprint density at radius 3 is 2.52 bits per heavy atom. The van der Waals surface area contributed by atoms with Crippen LogP contribution in [0.1, 0.15) is 29.6 Å². The molecule has 5 nitrogen and oxygen atoms in total. The highest BCUT2D eigenvalue weighted by atomic mass is 16.5. The Labute approximate surface area is 161 Å². The van der Waals surface area contributed by atoms with Gasteiger partial charge in [-0.1, -0.05) is 24.3 Å². The van der Waals surface area contributed by atoms with Crippen molar-refractivity contribution >= 4 is 16.7 Å². The molecule has 2 saturated heterocycles. The third-order valence-corrected chi connectivity index (χ3v) is 6.11. The molecule has 0 saturated carbocycles. The van der Waals surface area contributed by atoms with E-state index in [1.165, 1.54) is 25.9 Å². The number of carbonyl (C=O) groups is 1. The topological polar surface area (TPSA) is 44.8 Å². The van der Waals surface area contributed by atoms with Crippen LogP contribution < -0.4 is 10.1 Å². The molecule has 2 aliphatic rings. The molecule has 144 valence electrons. The van der Waals surface area contributed by atoms with Crippen LogP contribution in [0.4, 0.5) is 0 Å². The Morgan fingerprint density at radius 1 is 1.04 bits per heavy atom. The first kappa shape index (κ1) is 18.3. The number of amides is 1. The van der Waals surface area contributed by atoms with Gasteiger partial charge < -0.3 is 15.0 Å². The summed E-state index contributed by atoms with van der Waals surface area (Å²) in [5, 5.41) is 5.19. The van der Waals surface area contributed by atoms with Gasteiger partial charge in [-0.25, -0.2) is 0 Å². The number of piperidine rings is 1. The minimum Gasteiger partial charge on any atom is -0.496 e. The van der Waals surface area contributed by atoms with Crippen LogP contribution >= 0.6 is 0 Å². The van der Waals surface area contributed by atoms with Crippen molar-refractivity contribution in [3.8, 4) is 5.75 Å². The molecule has 27 heavy (non-hydrogen) atoms. The molecule has 2 aliphatic heterocycles. The van der Waals surface area contributed by atoms with Crippen LogP contribution in [-0.2, 0) is 0 Å². The summed E-state index contributed by atoms with van der Waals surface area (Å²) in [6, 6.07) is 12.6. The highest BCUT2D eigenvalue weighted by Gasteiger charge is 2.31. The average Bonchev–Trinajstić information content (AvgIpc) is 3.16. The number of methoxy groups -OCH3 is 1. The van der Waals surface area contributed by atoms with Crippen LogP contribution in [-0.4, -0.2) is 68.1 Å². The van der Waals surface area contributed by atoms with Crippen molar-refractivity contribution < 1.29 is 9.53 Å². The molecule has 0 bridgehead atoms. The molecule has 2 heterocycles. The highest BCUT2D eigenvalue weighted by molar-refractivity contribution is 6.08. The number of ether oxygens (including phenoxy) is 1. The standard InChI is InChI=1S/C22H29N3O2/c1-24-12-10-17(11-13-24)25-14-9-16(15-25)23-22(26)20-7-8-21(27-2)19-6-4-3-5-18(19)20/h3-8,16-17H,9-15H2,1-2H3,(H,23,26). The van der Waals surface area contributed by atoms with E-state index in [1.807, 2.05) is 36.4 Å². The summed E-state index contributed by atoms with van der Waals surface area (Å²) in [5.74, 6) is 0.820. The molecular weight excluding hydrogens is 338 g/mol. The molecule has 2 aromatic carbocycles. The van der Waals surface area contributed by atoms with E-state index < -0.39 is 0 Å². The van der Waals surface area contributed by atoms with E-state index in [1.54, 1.807) is 7.11 Å². The summed E-state index contributed by atoms with van der Waals surface area (Å²) in [7, 11) is 3.86. The molecule has 0 radical (unpaired) electrons. The second-order valence-corrected chi connectivity index (χ2v) is 7.85. The normalized spacial score (nSPS) is 22.2. The predicted molar refractivity (Wildman–Crippen MR) is 108 cm³/mol. The summed E-state index contributed by atoms with van der Waals surface area (Å²) in [4.78, 5) is 17.9. The van der Waals surface area contributed by atoms with E-state index in [0.29, 0.717) is 6.04 Å². The van der Waals surface area contributed by atoms with Crippen molar-refractivity contribution in [2.45, 2.75) is 31.3 Å². The Kier molecular flexibility index (Phi) is 5.32. The Bertz CT molecular complexity index is 814. The first-order valence-corrected chi connectivity index (χ1v) is 9.95. The maximum absolute atomic E-state index is 13.0. The predicted octanol–water partition coefficient (Wildman–Crippen LogP) is 2.75. The maximum Gasteiger partial charge on any atom is 0.252 e. The third-order valence-electron chi connectivity index (χ3n) is 6.11. The number of nitrogens with one attached hydrogen (secondary N) is 1. The van der Waals surface area contributed by atoms with E-state index >= 15 is 0 Å². The Balaban J connectivity index is 1.44. The quantitative estimate of drug-likeness (QED) is 0.903. The van der Waals surface area contributed by atoms with E-state index in [-0.39, 0.29) is 11.9 Å². The molecule has 0 spiro atoms. The van der Waals surface area contributed by atoms with Gasteiger partial charge >= 0.3 is 0 Å². The molecule has 4 rings (SSSR count). The van der Waals surface area contributed by atoms with Crippen LogP contribution in [0.5, 0.6) is 5.75 Å². The number of hydrogen-bond acceptors (Lipinski definition) is 4. The zero-order chi connectivity index (χ0) is 18.8. The lowest BCUT2D eigenvalue weighted by molar-refractivity contribution is 0.0933. The lowest BCUT2D eigenvalue weighted by Gasteiger charge is -2.35. The SMILES string of the molecule is COc1ccc(C(=O)NC2CCN(C3CCN(C)CC3)C2)c2ccccc12. The van der Waals surface area contributed by atoms with Gasteiger partial charge in [-0.3, -0.25) is 9.69 Å². The number of benzene rings is 2. The smallest absolute Gasteiger partial charge is 0.252 e. The van der Waals surface area contributed by atoms with Gasteiger partial charge in [0.2, 0.25) is 0 Å². The van der Waals surface area contributed by atoms with Gasteiger partial charge in [0, 0.05) is 36.1 Å². The number of rotatable bonds is 4. The summed E-state index contributed by atoms with van der Waals surface area (Å²) in [6.07, 6.45) is 3.51. The fourth-order valence-corrected chi connectivity index (χ4v) is 4.51. The molecule has 1 atom stereocenters. The lowest BCUT2D eigenvalue weighted by atomic mass is 10.0. The largest absolute Gasteiger partial charge is 0.496 e. The van der Waals surface area contributed by atoms with Gasteiger partial charge in [-0.05, 0) is 56.9 Å². The number of likely N-dealkylation sites (tertiary alicyclic amines) is 2. The molecule has 0 aliphatic carbocycles. The van der Waals surface area contributed by atoms with E-state index in [2.05, 4.69) is 22.2 Å². The highest BCUT2D eigenvalue weighted by Crippen LogP contribution is 2.28. The molecule has 5 heteroatoms. The van der Waals surface area contributed by atoms with E-state index in [4.69, 9.17) is 4.74 Å². The molecule has 2 aromatic rings. The molecule has 1 amide bonds. The van der Waals surface area contributed by atoms with Crippen molar-refractivity contribution in [2.24, 2.45) is 0 Å². The van der Waals surface area contributed by atoms with Crippen molar-refractivity contribution in [1.29, 1.82) is 0 Å². The van der Waals surface area contributed by atoms with Crippen LogP contribution in [0.15, 0.2) is 36.4 Å². The number of nitrogens with zero attached hydrogens (tertiary/aromatic N) is 2. The Morgan fingerprint density at radius 2 is 1.78 bits per heavy atom. The van der Waals surface area contributed by atoms with Crippen molar-refractivity contribution in [2.75, 3.05) is 40.3 Å². The van der Waals surface area contributed by atoms with Gasteiger partial charge in [0.05, 0.1) is 7.11 Å². The maximum atomic E-state index is 13.0. The summed E-state index contributed by atoms with van der Waals surface area (Å²) in [6.45, 7) is 4.41. The first-order valence-electron chi connectivity index (χ1n) is 9.95. The molecular formula is C22H29N3O2. The van der Waals surface area contributed by atoms with Gasteiger partial charge in [-0.15, -0.1) is 0 Å². The van der Waals surface area contributed by atoms with Crippen LogP contribution in [0.3, 0.4) is 0 Å². The minimum absolute atomic E-state index is 0.0177. The minimum atomic E-state index is 0.0177. The molecule has 1 unspecified atom stereocenters. The summed E-state index contributed by atoms with van der Waals surface area (Å²) in [5.41, 5.74) is 0.726. The third kappa shape index (κ3) is 3.80. The van der Waals surface area contributed by atoms with Crippen LogP contribution in [0, 0.1) is 0 Å². The fourth-order valence-electron chi connectivity index (χ4n) is 4.51. The van der Waals surface area contributed by atoms with Gasteiger partial charge in [-0.2, -0.15) is 0 Å². The fraction of sp³-hybridized carbons (Fsp3) is 0.500. The zero-order valence-electron chi connectivity index (χ0n) is 16.3. The number of carbonyl (C=O) groups excluding carboxylic acids is 1. The van der Waals surface area contributed by atoms with Gasteiger partial charge in [0.25, 0.3) is 5.91 Å². The second-order valence-electron chi connectivity index (χ2n) is 7.85. The lowest BCUT2D eigenvalue weighted by Crippen LogP contribution is -2.44. The monoisotopic (exact) mass is 367 g/mol. The number of fused-ring (bicyclic) bond motifs is 1. The van der Waals surface area contributed by atoms with Crippen molar-refractivity contribution in [3.05, 3.63) is 42.0 Å². The van der Waals surface area contributed by atoms with Gasteiger partial charge in [0.1, 0.15) is 5.75 Å². The van der Waals surface area contributed by atoms with Gasteiger partial charge in [0.15, 0.2) is 0 Å². The zero-order valence-corrected chi connectivity index (χ0v) is 16.3. The average molecular weight is 367 g/mol. The first-order chi connectivity index (χ1) is 13.2. The molecule has 0 aromatic heterocycles. The van der Waals surface area contributed by atoms with Crippen LogP contribution in [0.25, 0.3) is 10.8 Å². The second kappa shape index (κ2) is 7.87. The van der Waals surface area contributed by atoms with Crippen LogP contribution in [0.2, 0.25) is 0 Å². The summed E-state index contributed by atoms with van der Waals surface area (Å²) < 4.78 is 5.44.